The third-order valence-electron chi connectivity index (χ3n) is 3.55. The average Bonchev–Trinajstić information content (AvgIpc) is 2.67. The summed E-state index contributed by atoms with van der Waals surface area (Å²) in [5.41, 5.74) is 1.65. The molecule has 0 spiro atoms. The molecule has 0 saturated heterocycles. The minimum Gasteiger partial charge on any atom is -0.454 e. The Labute approximate surface area is 161 Å². The molecule has 2 amide bonds. The zero-order valence-corrected chi connectivity index (χ0v) is 15.3. The van der Waals surface area contributed by atoms with Gasteiger partial charge in [0.05, 0.1) is 17.3 Å². The number of benzene rings is 2. The lowest BCUT2D eigenvalue weighted by atomic mass is 10.2. The fourth-order valence-corrected chi connectivity index (χ4v) is 2.44. The molecule has 8 heteroatoms. The molecule has 0 radical (unpaired) electrons. The van der Waals surface area contributed by atoms with E-state index in [4.69, 9.17) is 16.3 Å². The van der Waals surface area contributed by atoms with Crippen molar-refractivity contribution in [3.05, 3.63) is 64.7 Å². The summed E-state index contributed by atoms with van der Waals surface area (Å²) in [6, 6.07) is 12.0. The number of esters is 1. The molecule has 0 aliphatic rings. The van der Waals surface area contributed by atoms with Gasteiger partial charge in [-0.05, 0) is 36.8 Å². The predicted octanol–water partition coefficient (Wildman–Crippen LogP) is 1.92. The molecule has 0 aliphatic heterocycles. The lowest BCUT2D eigenvalue weighted by Crippen LogP contribution is -2.45. The van der Waals surface area contributed by atoms with E-state index in [1.807, 2.05) is 6.92 Å². The number of hydrogen-bond donors (Lipinski definition) is 3. The molecule has 7 nitrogen and oxygen atoms in total. The summed E-state index contributed by atoms with van der Waals surface area (Å²) >= 11 is 6.02. The highest BCUT2D eigenvalue weighted by Crippen LogP contribution is 2.22. The highest BCUT2D eigenvalue weighted by atomic mass is 35.5. The molecule has 1 atom stereocenters. The molecular formula is C19H19ClN2O5. The maximum Gasteiger partial charge on any atom is 0.331 e. The minimum absolute atomic E-state index is 0.329. The van der Waals surface area contributed by atoms with E-state index < -0.39 is 37.0 Å². The molecule has 2 rings (SSSR count). The molecule has 2 aromatic carbocycles. The van der Waals surface area contributed by atoms with E-state index in [0.717, 1.165) is 5.56 Å². The molecule has 2 aromatic rings. The van der Waals surface area contributed by atoms with E-state index in [1.54, 1.807) is 48.5 Å². The Hall–Kier alpha value is -2.90. The number of ether oxygens (including phenoxy) is 1. The van der Waals surface area contributed by atoms with E-state index in [-0.39, 0.29) is 0 Å². The minimum atomic E-state index is -1.28. The molecule has 142 valence electrons. The Bertz CT molecular complexity index is 826. The molecule has 0 fully saturated rings. The Morgan fingerprint density at radius 1 is 1.15 bits per heavy atom. The molecule has 0 aliphatic carbocycles. The smallest absolute Gasteiger partial charge is 0.331 e. The van der Waals surface area contributed by atoms with Crippen LogP contribution in [0.25, 0.3) is 0 Å². The normalized spacial score (nSPS) is 11.4. The number of nitrogens with one attached hydrogen (secondary N) is 2. The number of halogens is 1. The number of aliphatic hydroxyl groups is 1. The van der Waals surface area contributed by atoms with Gasteiger partial charge >= 0.3 is 5.97 Å². The topological polar surface area (TPSA) is 105 Å². The van der Waals surface area contributed by atoms with Crippen molar-refractivity contribution < 1.29 is 24.2 Å². The first-order valence-electron chi connectivity index (χ1n) is 8.10. The number of carbonyl (C=O) groups excluding carboxylic acids is 3. The van der Waals surface area contributed by atoms with Crippen LogP contribution in [-0.2, 0) is 14.3 Å². The van der Waals surface area contributed by atoms with Crippen LogP contribution in [0.5, 0.6) is 0 Å². The molecule has 27 heavy (non-hydrogen) atoms. The van der Waals surface area contributed by atoms with Crippen molar-refractivity contribution in [2.45, 2.75) is 13.0 Å². The number of carbonyl (C=O) groups is 3. The second-order valence-corrected chi connectivity index (χ2v) is 6.12. The van der Waals surface area contributed by atoms with Crippen molar-refractivity contribution in [2.24, 2.45) is 0 Å². The van der Waals surface area contributed by atoms with E-state index in [0.29, 0.717) is 16.3 Å². The first kappa shape index (κ1) is 20.4. The van der Waals surface area contributed by atoms with Gasteiger partial charge < -0.3 is 20.5 Å². The van der Waals surface area contributed by atoms with Crippen molar-refractivity contribution in [3.63, 3.8) is 0 Å². The van der Waals surface area contributed by atoms with E-state index >= 15 is 0 Å². The van der Waals surface area contributed by atoms with Gasteiger partial charge in [0.25, 0.3) is 11.8 Å². The summed E-state index contributed by atoms with van der Waals surface area (Å²) < 4.78 is 4.86. The van der Waals surface area contributed by atoms with Crippen molar-refractivity contribution >= 4 is 35.1 Å². The number of aryl methyl sites for hydroxylation is 1. The highest BCUT2D eigenvalue weighted by molar-refractivity contribution is 6.33. The first-order valence-corrected chi connectivity index (χ1v) is 8.48. The molecule has 3 N–H and O–H groups in total. The lowest BCUT2D eigenvalue weighted by molar-refractivity contribution is -0.150. The van der Waals surface area contributed by atoms with Crippen LogP contribution in [0.15, 0.2) is 48.5 Å². The largest absolute Gasteiger partial charge is 0.454 e. The van der Waals surface area contributed by atoms with Gasteiger partial charge in [-0.25, -0.2) is 4.79 Å². The van der Waals surface area contributed by atoms with Crippen LogP contribution in [0.4, 0.5) is 5.69 Å². The van der Waals surface area contributed by atoms with Crippen LogP contribution in [0.3, 0.4) is 0 Å². The van der Waals surface area contributed by atoms with Crippen LogP contribution in [0.1, 0.15) is 15.9 Å². The van der Waals surface area contributed by atoms with Gasteiger partial charge in [-0.1, -0.05) is 35.9 Å². The van der Waals surface area contributed by atoms with Gasteiger partial charge in [-0.15, -0.1) is 0 Å². The number of amides is 2. The zero-order valence-electron chi connectivity index (χ0n) is 14.6. The van der Waals surface area contributed by atoms with Gasteiger partial charge in [0, 0.05) is 5.56 Å². The van der Waals surface area contributed by atoms with Gasteiger partial charge in [0.2, 0.25) is 0 Å². The monoisotopic (exact) mass is 390 g/mol. The quantitative estimate of drug-likeness (QED) is 0.626. The number of aliphatic hydroxyl groups excluding tert-OH is 1. The standard InChI is InChI=1S/C19H19ClN2O5/c1-12-7-8-15(14(20)9-12)21-17(24)11-27-19(26)16(10-23)22-18(25)13-5-3-2-4-6-13/h2-9,16,23H,10-11H2,1H3,(H,21,24)(H,22,25). The Kier molecular flexibility index (Phi) is 7.34. The highest BCUT2D eigenvalue weighted by Gasteiger charge is 2.23. The maximum atomic E-state index is 12.0. The SMILES string of the molecule is Cc1ccc(NC(=O)COC(=O)C(CO)NC(=O)c2ccccc2)c(Cl)c1. The van der Waals surface area contributed by atoms with Crippen molar-refractivity contribution in [3.8, 4) is 0 Å². The van der Waals surface area contributed by atoms with E-state index in [2.05, 4.69) is 10.6 Å². The second kappa shape index (κ2) is 9.70. The van der Waals surface area contributed by atoms with Gasteiger partial charge in [0.15, 0.2) is 12.6 Å². The summed E-state index contributed by atoms with van der Waals surface area (Å²) in [6.07, 6.45) is 0. The fraction of sp³-hybridized carbons (Fsp3) is 0.211. The van der Waals surface area contributed by atoms with Crippen LogP contribution < -0.4 is 10.6 Å². The molecule has 0 saturated carbocycles. The Balaban J connectivity index is 1.87. The van der Waals surface area contributed by atoms with Gasteiger partial charge in [0.1, 0.15) is 0 Å². The average molecular weight is 391 g/mol. The van der Waals surface area contributed by atoms with Gasteiger partial charge in [-0.3, -0.25) is 9.59 Å². The third kappa shape index (κ3) is 6.09. The zero-order chi connectivity index (χ0) is 19.8. The summed E-state index contributed by atoms with van der Waals surface area (Å²) in [7, 11) is 0. The third-order valence-corrected chi connectivity index (χ3v) is 3.87. The summed E-state index contributed by atoms with van der Waals surface area (Å²) in [5.74, 6) is -2.06. The van der Waals surface area contributed by atoms with Crippen molar-refractivity contribution in [1.29, 1.82) is 0 Å². The maximum absolute atomic E-state index is 12.0. The van der Waals surface area contributed by atoms with Crippen molar-refractivity contribution in [2.75, 3.05) is 18.5 Å². The summed E-state index contributed by atoms with van der Waals surface area (Å²) in [4.78, 5) is 36.0. The fourth-order valence-electron chi connectivity index (χ4n) is 2.16. The number of rotatable bonds is 7. The van der Waals surface area contributed by atoms with Crippen LogP contribution in [0.2, 0.25) is 5.02 Å². The van der Waals surface area contributed by atoms with Crippen molar-refractivity contribution in [1.82, 2.24) is 5.32 Å². The summed E-state index contributed by atoms with van der Waals surface area (Å²) in [6.45, 7) is 0.613. The van der Waals surface area contributed by atoms with E-state index in [9.17, 15) is 19.5 Å². The molecule has 0 heterocycles. The molecular weight excluding hydrogens is 372 g/mol. The molecule has 1 unspecified atom stereocenters. The van der Waals surface area contributed by atoms with Crippen LogP contribution >= 0.6 is 11.6 Å². The number of hydrogen-bond acceptors (Lipinski definition) is 5. The van der Waals surface area contributed by atoms with Gasteiger partial charge in [-0.2, -0.15) is 0 Å². The molecule has 0 bridgehead atoms. The van der Waals surface area contributed by atoms with Crippen LogP contribution in [-0.4, -0.2) is 42.1 Å². The summed E-state index contributed by atoms with van der Waals surface area (Å²) in [5, 5.41) is 14.6. The Morgan fingerprint density at radius 3 is 2.48 bits per heavy atom. The first-order chi connectivity index (χ1) is 12.9. The Morgan fingerprint density at radius 2 is 1.85 bits per heavy atom. The predicted molar refractivity (Wildman–Crippen MR) is 101 cm³/mol. The molecule has 0 aromatic heterocycles. The van der Waals surface area contributed by atoms with E-state index in [1.165, 1.54) is 0 Å². The van der Waals surface area contributed by atoms with Crippen LogP contribution in [0, 0.1) is 6.92 Å². The lowest BCUT2D eigenvalue weighted by Gasteiger charge is -2.15. The number of anilines is 1. The second-order valence-electron chi connectivity index (χ2n) is 5.71.